The highest BCUT2D eigenvalue weighted by molar-refractivity contribution is 6.30. The Hall–Kier alpha value is -3.52. The third-order valence-corrected chi connectivity index (χ3v) is 4.59. The van der Waals surface area contributed by atoms with E-state index in [0.29, 0.717) is 28.0 Å². The standard InChI is InChI=1S/C22H22ClN3O5/c1-29-19-8-6-15(12-20(19)30-2)18-7-9-22(28)26(25-18)11-10-24-21(27)14-31-17-5-3-4-16(23)13-17/h3-9,12-13H,10-11,14H2,1-2H3,(H,24,27). The van der Waals surface area contributed by atoms with Gasteiger partial charge in [0.2, 0.25) is 0 Å². The molecule has 1 heterocycles. The highest BCUT2D eigenvalue weighted by Crippen LogP contribution is 2.31. The van der Waals surface area contributed by atoms with Crippen LogP contribution in [0.1, 0.15) is 0 Å². The number of aromatic nitrogens is 2. The van der Waals surface area contributed by atoms with Gasteiger partial charge in [-0.3, -0.25) is 9.59 Å². The fourth-order valence-corrected chi connectivity index (χ4v) is 3.00. The normalized spacial score (nSPS) is 10.4. The molecule has 0 unspecified atom stereocenters. The molecule has 0 saturated carbocycles. The molecular weight excluding hydrogens is 422 g/mol. The maximum absolute atomic E-state index is 12.2. The molecule has 0 atom stereocenters. The highest BCUT2D eigenvalue weighted by Gasteiger charge is 2.09. The van der Waals surface area contributed by atoms with E-state index in [4.69, 9.17) is 25.8 Å². The van der Waals surface area contributed by atoms with Gasteiger partial charge >= 0.3 is 0 Å². The number of amides is 1. The maximum Gasteiger partial charge on any atom is 0.266 e. The van der Waals surface area contributed by atoms with Crippen LogP contribution >= 0.6 is 11.6 Å². The van der Waals surface area contributed by atoms with E-state index in [0.717, 1.165) is 5.56 Å². The number of hydrogen-bond donors (Lipinski definition) is 1. The van der Waals surface area contributed by atoms with Crippen LogP contribution in [-0.2, 0) is 11.3 Å². The van der Waals surface area contributed by atoms with Gasteiger partial charge in [-0.05, 0) is 42.5 Å². The Morgan fingerprint density at radius 2 is 1.87 bits per heavy atom. The molecule has 0 fully saturated rings. The van der Waals surface area contributed by atoms with Crippen molar-refractivity contribution >= 4 is 17.5 Å². The van der Waals surface area contributed by atoms with Crippen molar-refractivity contribution in [1.29, 1.82) is 0 Å². The largest absolute Gasteiger partial charge is 0.493 e. The van der Waals surface area contributed by atoms with Gasteiger partial charge in [-0.25, -0.2) is 4.68 Å². The fraction of sp³-hybridized carbons (Fsp3) is 0.227. The third kappa shape index (κ3) is 5.99. The van der Waals surface area contributed by atoms with Crippen molar-refractivity contribution in [3.63, 3.8) is 0 Å². The number of nitrogens with zero attached hydrogens (tertiary/aromatic N) is 2. The first-order valence-corrected chi connectivity index (χ1v) is 9.83. The van der Waals surface area contributed by atoms with E-state index in [2.05, 4.69) is 10.4 Å². The molecule has 31 heavy (non-hydrogen) atoms. The number of carbonyl (C=O) groups is 1. The smallest absolute Gasteiger partial charge is 0.266 e. The summed E-state index contributed by atoms with van der Waals surface area (Å²) in [7, 11) is 3.11. The molecule has 162 valence electrons. The van der Waals surface area contributed by atoms with Gasteiger partial charge in [-0.15, -0.1) is 0 Å². The lowest BCUT2D eigenvalue weighted by atomic mass is 10.1. The van der Waals surface area contributed by atoms with E-state index >= 15 is 0 Å². The van der Waals surface area contributed by atoms with E-state index in [-0.39, 0.29) is 31.2 Å². The second-order valence-electron chi connectivity index (χ2n) is 6.45. The van der Waals surface area contributed by atoms with E-state index in [1.165, 1.54) is 10.7 Å². The number of methoxy groups -OCH3 is 2. The van der Waals surface area contributed by atoms with Crippen LogP contribution in [0.3, 0.4) is 0 Å². The van der Waals surface area contributed by atoms with Crippen molar-refractivity contribution < 1.29 is 19.0 Å². The van der Waals surface area contributed by atoms with Gasteiger partial charge in [0, 0.05) is 23.2 Å². The van der Waals surface area contributed by atoms with Crippen molar-refractivity contribution in [3.8, 4) is 28.5 Å². The van der Waals surface area contributed by atoms with Gasteiger partial charge in [0.25, 0.3) is 11.5 Å². The number of hydrogen-bond acceptors (Lipinski definition) is 6. The minimum atomic E-state index is -0.316. The minimum absolute atomic E-state index is 0.158. The molecule has 0 aliphatic rings. The quantitative estimate of drug-likeness (QED) is 0.546. The molecule has 9 heteroatoms. The van der Waals surface area contributed by atoms with Crippen molar-refractivity contribution in [2.24, 2.45) is 0 Å². The molecule has 0 radical (unpaired) electrons. The summed E-state index contributed by atoms with van der Waals surface area (Å²) < 4.78 is 17.2. The number of benzene rings is 2. The van der Waals surface area contributed by atoms with Gasteiger partial charge in [0.1, 0.15) is 5.75 Å². The first-order chi connectivity index (χ1) is 15.0. The molecule has 1 N–H and O–H groups in total. The van der Waals surface area contributed by atoms with Gasteiger partial charge in [-0.1, -0.05) is 17.7 Å². The van der Waals surface area contributed by atoms with Crippen LogP contribution in [0.25, 0.3) is 11.3 Å². The highest BCUT2D eigenvalue weighted by atomic mass is 35.5. The minimum Gasteiger partial charge on any atom is -0.493 e. The van der Waals surface area contributed by atoms with Crippen LogP contribution in [0.2, 0.25) is 5.02 Å². The number of rotatable bonds is 9. The van der Waals surface area contributed by atoms with Gasteiger partial charge in [0.15, 0.2) is 18.1 Å². The van der Waals surface area contributed by atoms with Crippen LogP contribution in [0.15, 0.2) is 59.4 Å². The molecule has 2 aromatic carbocycles. The summed E-state index contributed by atoms with van der Waals surface area (Å²) >= 11 is 5.88. The topological polar surface area (TPSA) is 91.7 Å². The lowest BCUT2D eigenvalue weighted by molar-refractivity contribution is -0.123. The van der Waals surface area contributed by atoms with Crippen LogP contribution in [0, 0.1) is 0 Å². The predicted molar refractivity (Wildman–Crippen MR) is 117 cm³/mol. The SMILES string of the molecule is COc1ccc(-c2ccc(=O)n(CCNC(=O)COc3cccc(Cl)c3)n2)cc1OC. The zero-order chi connectivity index (χ0) is 22.2. The molecule has 0 bridgehead atoms. The maximum atomic E-state index is 12.2. The Morgan fingerprint density at radius 1 is 1.06 bits per heavy atom. The summed E-state index contributed by atoms with van der Waals surface area (Å²) in [6, 6.07) is 15.2. The predicted octanol–water partition coefficient (Wildman–Crippen LogP) is 2.78. The van der Waals surface area contributed by atoms with Crippen LogP contribution < -0.4 is 25.1 Å². The molecular formula is C22H22ClN3O5. The number of halogens is 1. The Balaban J connectivity index is 1.59. The van der Waals surface area contributed by atoms with Crippen molar-refractivity contribution in [3.05, 3.63) is 70.0 Å². The Morgan fingerprint density at radius 3 is 2.61 bits per heavy atom. The van der Waals surface area contributed by atoms with E-state index in [1.807, 2.05) is 6.07 Å². The van der Waals surface area contributed by atoms with Crippen molar-refractivity contribution in [2.75, 3.05) is 27.4 Å². The molecule has 1 amide bonds. The Labute approximate surface area is 184 Å². The van der Waals surface area contributed by atoms with E-state index in [9.17, 15) is 9.59 Å². The van der Waals surface area contributed by atoms with Crippen molar-refractivity contribution in [2.45, 2.75) is 6.54 Å². The van der Waals surface area contributed by atoms with E-state index in [1.54, 1.807) is 56.7 Å². The summed E-state index contributed by atoms with van der Waals surface area (Å²) in [5.41, 5.74) is 1.09. The first-order valence-electron chi connectivity index (χ1n) is 9.46. The molecule has 8 nitrogen and oxygen atoms in total. The number of nitrogens with one attached hydrogen (secondary N) is 1. The van der Waals surface area contributed by atoms with Crippen molar-refractivity contribution in [1.82, 2.24) is 15.1 Å². The summed E-state index contributed by atoms with van der Waals surface area (Å²) in [6.45, 7) is 0.275. The van der Waals surface area contributed by atoms with Gasteiger partial charge < -0.3 is 19.5 Å². The summed E-state index contributed by atoms with van der Waals surface area (Å²) in [5, 5.41) is 7.61. The molecule has 0 aliphatic carbocycles. The molecule has 1 aromatic heterocycles. The first kappa shape index (κ1) is 22.2. The number of ether oxygens (including phenoxy) is 3. The second kappa shape index (κ2) is 10.5. The average molecular weight is 444 g/mol. The Bertz CT molecular complexity index is 1120. The molecule has 3 rings (SSSR count). The molecule has 0 saturated heterocycles. The summed E-state index contributed by atoms with van der Waals surface area (Å²) in [6.07, 6.45) is 0. The lowest BCUT2D eigenvalue weighted by Gasteiger charge is -2.11. The zero-order valence-electron chi connectivity index (χ0n) is 17.1. The van der Waals surface area contributed by atoms with Gasteiger partial charge in [-0.2, -0.15) is 5.10 Å². The second-order valence-corrected chi connectivity index (χ2v) is 6.88. The van der Waals surface area contributed by atoms with Crippen LogP contribution in [-0.4, -0.2) is 43.1 Å². The molecule has 0 aliphatic heterocycles. The fourth-order valence-electron chi connectivity index (χ4n) is 2.82. The van der Waals surface area contributed by atoms with Gasteiger partial charge in [0.05, 0.1) is 26.5 Å². The Kier molecular flexibility index (Phi) is 7.50. The molecule has 0 spiro atoms. The van der Waals surface area contributed by atoms with Crippen LogP contribution in [0.5, 0.6) is 17.2 Å². The van der Waals surface area contributed by atoms with Crippen LogP contribution in [0.4, 0.5) is 0 Å². The monoisotopic (exact) mass is 443 g/mol. The number of carbonyl (C=O) groups excluding carboxylic acids is 1. The zero-order valence-corrected chi connectivity index (χ0v) is 17.9. The third-order valence-electron chi connectivity index (χ3n) is 4.36. The molecule has 3 aromatic rings. The lowest BCUT2D eigenvalue weighted by Crippen LogP contribution is -2.34. The van der Waals surface area contributed by atoms with E-state index < -0.39 is 0 Å². The summed E-state index contributed by atoms with van der Waals surface area (Å²) in [4.78, 5) is 24.1. The average Bonchev–Trinajstić information content (AvgIpc) is 2.78. The summed E-state index contributed by atoms with van der Waals surface area (Å²) in [5.74, 6) is 1.35.